The number of ether oxygens (including phenoxy) is 2. The first kappa shape index (κ1) is 17.2. The summed E-state index contributed by atoms with van der Waals surface area (Å²) in [6.07, 6.45) is 0. The van der Waals surface area contributed by atoms with Gasteiger partial charge in [-0.2, -0.15) is 0 Å². The molecule has 0 saturated carbocycles. The molecule has 1 aromatic heterocycles. The van der Waals surface area contributed by atoms with Crippen LogP contribution in [-0.4, -0.2) is 59.7 Å². The van der Waals surface area contributed by atoms with Crippen LogP contribution in [0.3, 0.4) is 0 Å². The zero-order valence-electron chi connectivity index (χ0n) is 14.4. The van der Waals surface area contributed by atoms with Crippen molar-refractivity contribution in [2.45, 2.75) is 13.8 Å². The van der Waals surface area contributed by atoms with Crippen LogP contribution < -0.4 is 0 Å². The van der Waals surface area contributed by atoms with Crippen LogP contribution >= 0.6 is 0 Å². The number of aromatic nitrogens is 2. The Bertz CT molecular complexity index is 742. The van der Waals surface area contributed by atoms with E-state index in [2.05, 4.69) is 9.97 Å². The van der Waals surface area contributed by atoms with Crippen molar-refractivity contribution in [2.24, 2.45) is 0 Å². The van der Waals surface area contributed by atoms with Gasteiger partial charge in [0.2, 0.25) is 0 Å². The lowest BCUT2D eigenvalue weighted by molar-refractivity contribution is -0.138. The van der Waals surface area contributed by atoms with Gasteiger partial charge in [-0.3, -0.25) is 4.79 Å². The van der Waals surface area contributed by atoms with Gasteiger partial charge in [0, 0.05) is 24.3 Å². The molecule has 0 aliphatic carbocycles. The van der Waals surface area contributed by atoms with Gasteiger partial charge in [-0.25, -0.2) is 9.78 Å². The van der Waals surface area contributed by atoms with Gasteiger partial charge in [0.15, 0.2) is 6.61 Å². The molecular weight excluding hydrogens is 322 g/mol. The van der Waals surface area contributed by atoms with Gasteiger partial charge in [0.05, 0.1) is 24.5 Å². The number of imidazole rings is 1. The van der Waals surface area contributed by atoms with Gasteiger partial charge in [-0.05, 0) is 26.0 Å². The Hall–Kier alpha value is -2.67. The monoisotopic (exact) mass is 343 g/mol. The Balaban J connectivity index is 1.58. The second-order valence-corrected chi connectivity index (χ2v) is 5.94. The number of amides is 1. The van der Waals surface area contributed by atoms with E-state index in [1.165, 1.54) is 0 Å². The molecule has 0 unspecified atom stereocenters. The Labute approximate surface area is 146 Å². The number of hydrogen-bond donors (Lipinski definition) is 1. The van der Waals surface area contributed by atoms with Crippen LogP contribution in [-0.2, 0) is 14.3 Å². The Morgan fingerprint density at radius 2 is 1.88 bits per heavy atom. The molecule has 1 aliphatic heterocycles. The van der Waals surface area contributed by atoms with Crippen LogP contribution in [0.4, 0.5) is 0 Å². The highest BCUT2D eigenvalue weighted by molar-refractivity contribution is 5.91. The molecule has 7 heteroatoms. The smallest absolute Gasteiger partial charge is 0.338 e. The summed E-state index contributed by atoms with van der Waals surface area (Å²) in [6, 6.07) is 6.95. The number of H-pyrrole nitrogens is 1. The highest BCUT2D eigenvalue weighted by atomic mass is 16.5. The molecule has 0 atom stereocenters. The third-order valence-electron chi connectivity index (χ3n) is 4.21. The fourth-order valence-corrected chi connectivity index (χ4v) is 2.56. The number of rotatable bonds is 4. The molecule has 1 fully saturated rings. The Morgan fingerprint density at radius 1 is 1.20 bits per heavy atom. The van der Waals surface area contributed by atoms with Crippen molar-refractivity contribution in [3.63, 3.8) is 0 Å². The first-order chi connectivity index (χ1) is 12.0. The normalized spacial score (nSPS) is 14.4. The van der Waals surface area contributed by atoms with E-state index in [4.69, 9.17) is 9.47 Å². The van der Waals surface area contributed by atoms with Crippen LogP contribution in [0.2, 0.25) is 0 Å². The number of morpholine rings is 1. The number of aryl methyl sites for hydroxylation is 2. The number of esters is 1. The number of benzene rings is 1. The third-order valence-corrected chi connectivity index (χ3v) is 4.21. The van der Waals surface area contributed by atoms with Gasteiger partial charge >= 0.3 is 5.97 Å². The maximum atomic E-state index is 12.1. The third kappa shape index (κ3) is 4.06. The predicted octanol–water partition coefficient (Wildman–Crippen LogP) is 1.71. The molecule has 1 saturated heterocycles. The quantitative estimate of drug-likeness (QED) is 0.854. The summed E-state index contributed by atoms with van der Waals surface area (Å²) in [5, 5.41) is 0. The van der Waals surface area contributed by atoms with Gasteiger partial charge in [-0.1, -0.05) is 12.1 Å². The van der Waals surface area contributed by atoms with Crippen molar-refractivity contribution in [2.75, 3.05) is 32.9 Å². The van der Waals surface area contributed by atoms with Crippen LogP contribution in [0.15, 0.2) is 24.3 Å². The number of nitrogens with zero attached hydrogens (tertiary/aromatic N) is 2. The van der Waals surface area contributed by atoms with E-state index < -0.39 is 5.97 Å². The van der Waals surface area contributed by atoms with Gasteiger partial charge < -0.3 is 19.4 Å². The molecule has 25 heavy (non-hydrogen) atoms. The van der Waals surface area contributed by atoms with Crippen molar-refractivity contribution in [1.29, 1.82) is 0 Å². The summed E-state index contributed by atoms with van der Waals surface area (Å²) in [5.41, 5.74) is 3.25. The lowest BCUT2D eigenvalue weighted by Gasteiger charge is -2.26. The number of aromatic amines is 1. The molecule has 2 aromatic rings. The molecule has 7 nitrogen and oxygen atoms in total. The number of nitrogens with one attached hydrogen (secondary N) is 1. The SMILES string of the molecule is Cc1nc(-c2ccc(C(=O)OCC(=O)N3CCOCC3)cc2)[nH]c1C. The number of carbonyl (C=O) groups is 2. The van der Waals surface area contributed by atoms with E-state index in [0.717, 1.165) is 22.8 Å². The Morgan fingerprint density at radius 3 is 2.48 bits per heavy atom. The van der Waals surface area contributed by atoms with Crippen molar-refractivity contribution in [3.05, 3.63) is 41.2 Å². The van der Waals surface area contributed by atoms with Crippen molar-refractivity contribution < 1.29 is 19.1 Å². The topological polar surface area (TPSA) is 84.5 Å². The standard InChI is InChI=1S/C18H21N3O4/c1-12-13(2)20-17(19-12)14-3-5-15(6-4-14)18(23)25-11-16(22)21-7-9-24-10-8-21/h3-6H,7-11H2,1-2H3,(H,19,20). The first-order valence-electron chi connectivity index (χ1n) is 8.21. The molecule has 0 radical (unpaired) electrons. The fourth-order valence-electron chi connectivity index (χ4n) is 2.56. The number of hydrogen-bond acceptors (Lipinski definition) is 5. The van der Waals surface area contributed by atoms with E-state index in [-0.39, 0.29) is 12.5 Å². The van der Waals surface area contributed by atoms with Crippen LogP contribution in [0.5, 0.6) is 0 Å². The van der Waals surface area contributed by atoms with E-state index in [1.807, 2.05) is 13.8 Å². The summed E-state index contributed by atoms with van der Waals surface area (Å²) in [5.74, 6) is 0.0483. The largest absolute Gasteiger partial charge is 0.452 e. The minimum absolute atomic E-state index is 0.199. The zero-order chi connectivity index (χ0) is 17.8. The minimum Gasteiger partial charge on any atom is -0.452 e. The summed E-state index contributed by atoms with van der Waals surface area (Å²) in [6.45, 7) is 5.76. The predicted molar refractivity (Wildman–Crippen MR) is 91.2 cm³/mol. The lowest BCUT2D eigenvalue weighted by Crippen LogP contribution is -2.42. The van der Waals surface area contributed by atoms with E-state index in [1.54, 1.807) is 29.2 Å². The number of carbonyl (C=O) groups excluding carboxylic acids is 2. The van der Waals surface area contributed by atoms with Gasteiger partial charge in [0.1, 0.15) is 5.82 Å². The summed E-state index contributed by atoms with van der Waals surface area (Å²) in [7, 11) is 0. The van der Waals surface area contributed by atoms with Crippen molar-refractivity contribution in [3.8, 4) is 11.4 Å². The highest BCUT2D eigenvalue weighted by Crippen LogP contribution is 2.18. The molecule has 0 bridgehead atoms. The second-order valence-electron chi connectivity index (χ2n) is 5.94. The molecule has 3 rings (SSSR count). The average molecular weight is 343 g/mol. The second kappa shape index (κ2) is 7.48. The molecule has 1 N–H and O–H groups in total. The molecule has 132 valence electrons. The molecule has 1 amide bonds. The Kier molecular flexibility index (Phi) is 5.14. The molecule has 2 heterocycles. The van der Waals surface area contributed by atoms with Crippen LogP contribution in [0, 0.1) is 13.8 Å². The molecule has 1 aliphatic rings. The molecular formula is C18H21N3O4. The van der Waals surface area contributed by atoms with Gasteiger partial charge in [0.25, 0.3) is 5.91 Å². The minimum atomic E-state index is -0.514. The van der Waals surface area contributed by atoms with E-state index in [9.17, 15) is 9.59 Å². The van der Waals surface area contributed by atoms with E-state index in [0.29, 0.717) is 31.9 Å². The summed E-state index contributed by atoms with van der Waals surface area (Å²) < 4.78 is 10.3. The summed E-state index contributed by atoms with van der Waals surface area (Å²) in [4.78, 5) is 33.4. The summed E-state index contributed by atoms with van der Waals surface area (Å²) >= 11 is 0. The highest BCUT2D eigenvalue weighted by Gasteiger charge is 2.19. The molecule has 1 aromatic carbocycles. The zero-order valence-corrected chi connectivity index (χ0v) is 14.4. The first-order valence-corrected chi connectivity index (χ1v) is 8.21. The maximum absolute atomic E-state index is 12.1. The lowest BCUT2D eigenvalue weighted by atomic mass is 10.1. The van der Waals surface area contributed by atoms with E-state index >= 15 is 0 Å². The maximum Gasteiger partial charge on any atom is 0.338 e. The average Bonchev–Trinajstić information content (AvgIpc) is 2.99. The fraction of sp³-hybridized carbons (Fsp3) is 0.389. The van der Waals surface area contributed by atoms with Crippen LogP contribution in [0.25, 0.3) is 11.4 Å². The van der Waals surface area contributed by atoms with Crippen molar-refractivity contribution in [1.82, 2.24) is 14.9 Å². The van der Waals surface area contributed by atoms with Crippen molar-refractivity contribution >= 4 is 11.9 Å². The van der Waals surface area contributed by atoms with Gasteiger partial charge in [-0.15, -0.1) is 0 Å². The van der Waals surface area contributed by atoms with Crippen LogP contribution in [0.1, 0.15) is 21.7 Å². The molecule has 0 spiro atoms.